The first-order valence-corrected chi connectivity index (χ1v) is 6.37. The summed E-state index contributed by atoms with van der Waals surface area (Å²) in [5.41, 5.74) is 9.40. The molecule has 5 heteroatoms. The van der Waals surface area contributed by atoms with Gasteiger partial charge in [0.25, 0.3) is 0 Å². The molecule has 1 atom stereocenters. The number of aliphatic hydroxyl groups excluding tert-OH is 1. The van der Waals surface area contributed by atoms with E-state index in [0.29, 0.717) is 0 Å². The fourth-order valence-electron chi connectivity index (χ4n) is 1.29. The second kappa shape index (κ2) is 4.38. The van der Waals surface area contributed by atoms with Gasteiger partial charge in [-0.15, -0.1) is 23.1 Å². The van der Waals surface area contributed by atoms with Crippen molar-refractivity contribution in [3.05, 3.63) is 17.6 Å². The third-order valence-electron chi connectivity index (χ3n) is 2.09. The summed E-state index contributed by atoms with van der Waals surface area (Å²) in [6.45, 7) is 2.12. The predicted molar refractivity (Wildman–Crippen MR) is 66.4 cm³/mol. The maximum absolute atomic E-state index is 8.99. The molecule has 1 heterocycles. The van der Waals surface area contributed by atoms with Crippen molar-refractivity contribution in [1.82, 2.24) is 4.98 Å². The molecule has 0 radical (unpaired) electrons. The highest BCUT2D eigenvalue weighted by Gasteiger charge is 2.10. The Morgan fingerprint density at radius 2 is 2.40 bits per heavy atom. The zero-order valence-corrected chi connectivity index (χ0v) is 9.94. The van der Waals surface area contributed by atoms with Gasteiger partial charge in [-0.05, 0) is 12.1 Å². The topological polar surface area (TPSA) is 59.1 Å². The van der Waals surface area contributed by atoms with Crippen molar-refractivity contribution in [2.75, 3.05) is 12.3 Å². The van der Waals surface area contributed by atoms with Crippen LogP contribution in [-0.2, 0) is 0 Å². The average molecular weight is 240 g/mol. The Labute approximate surface area is 96.3 Å². The van der Waals surface area contributed by atoms with Gasteiger partial charge in [0, 0.05) is 10.1 Å². The van der Waals surface area contributed by atoms with Crippen LogP contribution >= 0.6 is 23.1 Å². The van der Waals surface area contributed by atoms with E-state index in [1.807, 2.05) is 19.1 Å². The molecule has 3 nitrogen and oxygen atoms in total. The Morgan fingerprint density at radius 1 is 1.60 bits per heavy atom. The number of fused-ring (bicyclic) bond motifs is 1. The molecule has 3 N–H and O–H groups in total. The second-order valence-electron chi connectivity index (χ2n) is 3.29. The summed E-state index contributed by atoms with van der Waals surface area (Å²) < 4.78 is 1.11. The van der Waals surface area contributed by atoms with Crippen molar-refractivity contribution < 1.29 is 5.11 Å². The minimum atomic E-state index is 0.152. The Bertz CT molecular complexity index is 469. The van der Waals surface area contributed by atoms with Gasteiger partial charge in [0.15, 0.2) is 0 Å². The summed E-state index contributed by atoms with van der Waals surface area (Å²) in [6, 6.07) is 4.02. The molecule has 0 saturated heterocycles. The van der Waals surface area contributed by atoms with Crippen LogP contribution in [-0.4, -0.2) is 21.9 Å². The smallest absolute Gasteiger partial charge is 0.105 e. The highest BCUT2D eigenvalue weighted by Crippen LogP contribution is 2.34. The minimum Gasteiger partial charge on any atom is -0.396 e. The largest absolute Gasteiger partial charge is 0.396 e. The van der Waals surface area contributed by atoms with E-state index in [1.165, 1.54) is 0 Å². The lowest BCUT2D eigenvalue weighted by Gasteiger charge is -2.09. The molecule has 0 aliphatic heterocycles. The number of hydrogen-bond donors (Lipinski definition) is 2. The van der Waals surface area contributed by atoms with Gasteiger partial charge in [-0.25, -0.2) is 4.98 Å². The molecule has 1 unspecified atom stereocenters. The van der Waals surface area contributed by atoms with E-state index in [1.54, 1.807) is 28.6 Å². The molecule has 0 saturated carbocycles. The van der Waals surface area contributed by atoms with Crippen molar-refractivity contribution in [2.24, 2.45) is 0 Å². The molecule has 0 fully saturated rings. The first-order chi connectivity index (χ1) is 7.22. The number of nitrogens with two attached hydrogens (primary N) is 1. The van der Waals surface area contributed by atoms with Gasteiger partial charge < -0.3 is 10.8 Å². The van der Waals surface area contributed by atoms with Crippen LogP contribution in [0.4, 0.5) is 5.69 Å². The number of rotatable bonds is 3. The summed E-state index contributed by atoms with van der Waals surface area (Å²) in [5.74, 6) is 0. The van der Waals surface area contributed by atoms with E-state index in [9.17, 15) is 0 Å². The zero-order chi connectivity index (χ0) is 10.8. The van der Waals surface area contributed by atoms with E-state index in [-0.39, 0.29) is 11.9 Å². The van der Waals surface area contributed by atoms with E-state index < -0.39 is 0 Å². The summed E-state index contributed by atoms with van der Waals surface area (Å²) in [7, 11) is 0. The Kier molecular flexibility index (Phi) is 3.14. The summed E-state index contributed by atoms with van der Waals surface area (Å²) in [6.07, 6.45) is 0. The molecule has 0 amide bonds. The monoisotopic (exact) mass is 240 g/mol. The summed E-state index contributed by atoms with van der Waals surface area (Å²) in [5, 5.41) is 9.14. The maximum atomic E-state index is 8.99. The number of thioether (sulfide) groups is 1. The quantitative estimate of drug-likeness (QED) is 0.638. The van der Waals surface area contributed by atoms with Crippen LogP contribution in [0.2, 0.25) is 0 Å². The molecule has 0 bridgehead atoms. The van der Waals surface area contributed by atoms with E-state index in [0.717, 1.165) is 20.8 Å². The fourth-order valence-corrected chi connectivity index (χ4v) is 2.86. The predicted octanol–water partition coefficient (Wildman–Crippen LogP) is 2.35. The number of hydrogen-bond acceptors (Lipinski definition) is 5. The van der Waals surface area contributed by atoms with E-state index >= 15 is 0 Å². The van der Waals surface area contributed by atoms with Gasteiger partial charge >= 0.3 is 0 Å². The van der Waals surface area contributed by atoms with Gasteiger partial charge in [0.1, 0.15) is 5.52 Å². The van der Waals surface area contributed by atoms with Crippen LogP contribution < -0.4 is 5.73 Å². The van der Waals surface area contributed by atoms with Gasteiger partial charge in [-0.3, -0.25) is 0 Å². The van der Waals surface area contributed by atoms with Gasteiger partial charge in [0.05, 0.1) is 22.5 Å². The molecule has 0 aliphatic rings. The molecule has 80 valence electrons. The summed E-state index contributed by atoms with van der Waals surface area (Å²) >= 11 is 3.16. The zero-order valence-electron chi connectivity index (χ0n) is 8.30. The van der Waals surface area contributed by atoms with Crippen molar-refractivity contribution >= 4 is 39.0 Å². The molecule has 0 spiro atoms. The first kappa shape index (κ1) is 10.7. The molecule has 0 aliphatic carbocycles. The standard InChI is InChI=1S/C10H12N2OS2/c1-6(4-13)15-7-2-3-8-10(9(7)11)12-5-14-8/h2-3,5-6,13H,4,11H2,1H3. The van der Waals surface area contributed by atoms with Crippen LogP contribution in [0.5, 0.6) is 0 Å². The van der Waals surface area contributed by atoms with Crippen molar-refractivity contribution in [1.29, 1.82) is 0 Å². The average Bonchev–Trinajstić information content (AvgIpc) is 2.70. The van der Waals surface area contributed by atoms with E-state index in [2.05, 4.69) is 4.98 Å². The molecular weight excluding hydrogens is 228 g/mol. The van der Waals surface area contributed by atoms with Crippen molar-refractivity contribution in [2.45, 2.75) is 17.1 Å². The van der Waals surface area contributed by atoms with Gasteiger partial charge in [0.2, 0.25) is 0 Å². The maximum Gasteiger partial charge on any atom is 0.105 e. The SMILES string of the molecule is CC(CO)Sc1ccc2scnc2c1N. The number of nitrogen functional groups attached to an aromatic ring is 1. The molecule has 15 heavy (non-hydrogen) atoms. The van der Waals surface area contributed by atoms with Crippen LogP contribution in [0.25, 0.3) is 10.2 Å². The summed E-state index contributed by atoms with van der Waals surface area (Å²) in [4.78, 5) is 5.23. The van der Waals surface area contributed by atoms with Crippen molar-refractivity contribution in [3.8, 4) is 0 Å². The number of nitrogens with zero attached hydrogens (tertiary/aromatic N) is 1. The lowest BCUT2D eigenvalue weighted by Crippen LogP contribution is -2.02. The van der Waals surface area contributed by atoms with Crippen LogP contribution in [0, 0.1) is 0 Å². The second-order valence-corrected chi connectivity index (χ2v) is 5.65. The number of anilines is 1. The Hall–Kier alpha value is -0.780. The van der Waals surface area contributed by atoms with E-state index in [4.69, 9.17) is 10.8 Å². The fraction of sp³-hybridized carbons (Fsp3) is 0.300. The molecule has 1 aromatic carbocycles. The highest BCUT2D eigenvalue weighted by atomic mass is 32.2. The lowest BCUT2D eigenvalue weighted by molar-refractivity contribution is 0.300. The third kappa shape index (κ3) is 2.09. The van der Waals surface area contributed by atoms with Crippen LogP contribution in [0.3, 0.4) is 0 Å². The Morgan fingerprint density at radius 3 is 3.13 bits per heavy atom. The molecule has 1 aromatic heterocycles. The van der Waals surface area contributed by atoms with Crippen LogP contribution in [0.15, 0.2) is 22.5 Å². The number of benzene rings is 1. The number of aromatic nitrogens is 1. The normalized spacial score (nSPS) is 13.2. The highest BCUT2D eigenvalue weighted by molar-refractivity contribution is 8.00. The number of aliphatic hydroxyl groups is 1. The minimum absolute atomic E-state index is 0.152. The lowest BCUT2D eigenvalue weighted by atomic mass is 10.3. The Balaban J connectivity index is 2.39. The van der Waals surface area contributed by atoms with Gasteiger partial charge in [-0.2, -0.15) is 0 Å². The van der Waals surface area contributed by atoms with Crippen molar-refractivity contribution in [3.63, 3.8) is 0 Å². The van der Waals surface area contributed by atoms with Crippen LogP contribution in [0.1, 0.15) is 6.92 Å². The molecular formula is C10H12N2OS2. The molecule has 2 rings (SSSR count). The molecule has 2 aromatic rings. The first-order valence-electron chi connectivity index (χ1n) is 4.61. The van der Waals surface area contributed by atoms with Gasteiger partial charge in [-0.1, -0.05) is 6.92 Å². The number of thiazole rings is 1. The third-order valence-corrected chi connectivity index (χ3v) is 4.04.